The van der Waals surface area contributed by atoms with Gasteiger partial charge in [0.1, 0.15) is 11.6 Å². The average molecular weight is 518 g/mol. The molecule has 1 aromatic heterocycles. The number of carbonyl (C=O) groups is 3. The van der Waals surface area contributed by atoms with Gasteiger partial charge in [0.05, 0.1) is 12.8 Å². The summed E-state index contributed by atoms with van der Waals surface area (Å²) in [7, 11) is 1.52. The van der Waals surface area contributed by atoms with E-state index in [1.165, 1.54) is 31.4 Å². The van der Waals surface area contributed by atoms with Gasteiger partial charge in [0.25, 0.3) is 11.8 Å². The zero-order valence-electron chi connectivity index (χ0n) is 20.5. The van der Waals surface area contributed by atoms with Crippen molar-refractivity contribution in [1.82, 2.24) is 20.7 Å². The first-order valence-corrected chi connectivity index (χ1v) is 11.4. The van der Waals surface area contributed by atoms with Crippen LogP contribution in [0.4, 0.5) is 9.18 Å². The fourth-order valence-corrected chi connectivity index (χ4v) is 3.88. The van der Waals surface area contributed by atoms with E-state index >= 15 is 0 Å². The van der Waals surface area contributed by atoms with Crippen molar-refractivity contribution in [3.8, 4) is 17.0 Å². The van der Waals surface area contributed by atoms with Gasteiger partial charge in [-0.3, -0.25) is 20.4 Å². The van der Waals surface area contributed by atoms with Gasteiger partial charge in [-0.15, -0.1) is 0 Å². The minimum Gasteiger partial charge on any atom is -0.497 e. The Labute approximate surface area is 217 Å². The lowest BCUT2D eigenvalue weighted by atomic mass is 9.98. The van der Waals surface area contributed by atoms with Gasteiger partial charge in [0, 0.05) is 23.1 Å². The lowest BCUT2D eigenvalue weighted by molar-refractivity contribution is 0.0841. The molecule has 0 unspecified atom stereocenters. The molecule has 4 aromatic rings. The molecule has 10 nitrogen and oxygen atoms in total. The van der Waals surface area contributed by atoms with Crippen LogP contribution in [-0.4, -0.2) is 40.0 Å². The van der Waals surface area contributed by atoms with Gasteiger partial charge in [-0.2, -0.15) is 9.89 Å². The number of halogens is 1. The summed E-state index contributed by atoms with van der Waals surface area (Å²) in [5.41, 5.74) is 9.55. The van der Waals surface area contributed by atoms with Gasteiger partial charge in [0.15, 0.2) is 5.69 Å². The Hall–Kier alpha value is -5.19. The zero-order chi connectivity index (χ0) is 27.2. The summed E-state index contributed by atoms with van der Waals surface area (Å²) in [5.74, 6) is -1.27. The summed E-state index contributed by atoms with van der Waals surface area (Å²) < 4.78 is 18.9. The molecule has 0 spiro atoms. The molecule has 0 aliphatic heterocycles. The standard InChI is InChI=1S/C27H24FN5O5/c1-16-5-3-7-19(13-16)25(34)29-30-26(35)24-22(15-17-6-4-8-21(14-17)38-2)23(31-33(24)32-27(36)37)18-9-11-20(28)12-10-18/h3-14,32H,15H2,1-2H3,(H,29,34)(H,30,35)(H,36,37). The number of aryl methyl sites for hydroxylation is 1. The lowest BCUT2D eigenvalue weighted by Crippen LogP contribution is -2.43. The van der Waals surface area contributed by atoms with Crippen LogP contribution in [0.2, 0.25) is 0 Å². The van der Waals surface area contributed by atoms with Gasteiger partial charge in [0.2, 0.25) is 0 Å². The fraction of sp³-hybridized carbons (Fsp3) is 0.111. The molecular weight excluding hydrogens is 493 g/mol. The number of ether oxygens (including phenoxy) is 1. The topological polar surface area (TPSA) is 135 Å². The first-order chi connectivity index (χ1) is 18.2. The van der Waals surface area contributed by atoms with E-state index < -0.39 is 23.7 Å². The minimum atomic E-state index is -1.47. The number of carbonyl (C=O) groups excluding carboxylic acids is 2. The van der Waals surface area contributed by atoms with Crippen LogP contribution in [0.3, 0.4) is 0 Å². The molecule has 194 valence electrons. The Bertz CT molecular complexity index is 1500. The molecule has 0 saturated heterocycles. The molecule has 0 fully saturated rings. The van der Waals surface area contributed by atoms with E-state index in [9.17, 15) is 23.9 Å². The number of benzene rings is 3. The Morgan fingerprint density at radius 1 is 0.974 bits per heavy atom. The lowest BCUT2D eigenvalue weighted by Gasteiger charge is -2.12. The van der Waals surface area contributed by atoms with Gasteiger partial charge in [-0.05, 0) is 61.0 Å². The van der Waals surface area contributed by atoms with Crippen molar-refractivity contribution in [3.63, 3.8) is 0 Å². The van der Waals surface area contributed by atoms with Gasteiger partial charge >= 0.3 is 6.09 Å². The van der Waals surface area contributed by atoms with Crippen LogP contribution >= 0.6 is 0 Å². The quantitative estimate of drug-likeness (QED) is 0.275. The van der Waals surface area contributed by atoms with E-state index in [0.29, 0.717) is 22.4 Å². The maximum atomic E-state index is 13.6. The van der Waals surface area contributed by atoms with E-state index in [4.69, 9.17) is 4.74 Å². The number of nitrogens with zero attached hydrogens (tertiary/aromatic N) is 2. The normalized spacial score (nSPS) is 10.5. The van der Waals surface area contributed by atoms with Crippen LogP contribution in [0, 0.1) is 12.7 Å². The number of carboxylic acid groups (broad SMARTS) is 1. The molecule has 38 heavy (non-hydrogen) atoms. The third-order valence-corrected chi connectivity index (χ3v) is 5.60. The summed E-state index contributed by atoms with van der Waals surface area (Å²) in [6, 6.07) is 19.3. The molecule has 0 saturated carbocycles. The van der Waals surface area contributed by atoms with E-state index in [0.717, 1.165) is 15.9 Å². The Balaban J connectivity index is 1.76. The SMILES string of the molecule is COc1cccc(Cc2c(-c3ccc(F)cc3)nn(NC(=O)O)c2C(=O)NNC(=O)c2cccc(C)c2)c1. The Kier molecular flexibility index (Phi) is 7.66. The molecule has 3 aromatic carbocycles. The van der Waals surface area contributed by atoms with Crippen LogP contribution < -0.4 is 21.0 Å². The molecule has 0 aliphatic carbocycles. The van der Waals surface area contributed by atoms with Crippen molar-refractivity contribution in [3.05, 3.63) is 107 Å². The number of nitrogens with one attached hydrogen (secondary N) is 3. The first-order valence-electron chi connectivity index (χ1n) is 11.4. The summed E-state index contributed by atoms with van der Waals surface area (Å²) in [6.07, 6.45) is -1.33. The maximum absolute atomic E-state index is 13.6. The van der Waals surface area contributed by atoms with Crippen molar-refractivity contribution < 1.29 is 28.6 Å². The molecule has 0 atom stereocenters. The summed E-state index contributed by atoms with van der Waals surface area (Å²) in [5, 5.41) is 13.7. The number of rotatable bonds is 7. The summed E-state index contributed by atoms with van der Waals surface area (Å²) in [4.78, 5) is 38.3. The molecule has 3 amide bonds. The fourth-order valence-electron chi connectivity index (χ4n) is 3.88. The molecule has 0 bridgehead atoms. The third kappa shape index (κ3) is 5.95. The minimum absolute atomic E-state index is 0.139. The molecule has 11 heteroatoms. The third-order valence-electron chi connectivity index (χ3n) is 5.60. The highest BCUT2D eigenvalue weighted by molar-refractivity contribution is 6.00. The largest absolute Gasteiger partial charge is 0.497 e. The Morgan fingerprint density at radius 3 is 2.37 bits per heavy atom. The number of hydrogen-bond donors (Lipinski definition) is 4. The first kappa shape index (κ1) is 25.9. The highest BCUT2D eigenvalue weighted by Gasteiger charge is 2.26. The second-order valence-corrected chi connectivity index (χ2v) is 8.32. The highest BCUT2D eigenvalue weighted by Crippen LogP contribution is 2.29. The van der Waals surface area contributed by atoms with E-state index in [-0.39, 0.29) is 17.8 Å². The van der Waals surface area contributed by atoms with Crippen LogP contribution in [0.5, 0.6) is 5.75 Å². The molecule has 1 heterocycles. The number of hydrogen-bond acceptors (Lipinski definition) is 5. The number of aromatic nitrogens is 2. The maximum Gasteiger partial charge on any atom is 0.425 e. The van der Waals surface area contributed by atoms with Crippen molar-refractivity contribution in [2.45, 2.75) is 13.3 Å². The predicted octanol–water partition coefficient (Wildman–Crippen LogP) is 3.89. The molecule has 4 rings (SSSR count). The number of methoxy groups -OCH3 is 1. The van der Waals surface area contributed by atoms with Crippen LogP contribution in [0.1, 0.15) is 37.5 Å². The Morgan fingerprint density at radius 2 is 1.68 bits per heavy atom. The van der Waals surface area contributed by atoms with E-state index in [2.05, 4.69) is 21.4 Å². The molecule has 4 N–H and O–H groups in total. The van der Waals surface area contributed by atoms with E-state index in [1.54, 1.807) is 42.5 Å². The molecule has 0 radical (unpaired) electrons. The molecule has 0 aliphatic rings. The van der Waals surface area contributed by atoms with Crippen LogP contribution in [0.25, 0.3) is 11.3 Å². The van der Waals surface area contributed by atoms with Gasteiger partial charge < -0.3 is 9.84 Å². The molecular formula is C27H24FN5O5. The van der Waals surface area contributed by atoms with Crippen molar-refractivity contribution in [2.24, 2.45) is 0 Å². The second-order valence-electron chi connectivity index (χ2n) is 8.32. The van der Waals surface area contributed by atoms with Crippen molar-refractivity contribution in [2.75, 3.05) is 12.5 Å². The predicted molar refractivity (Wildman–Crippen MR) is 137 cm³/mol. The average Bonchev–Trinajstić information content (AvgIpc) is 3.24. The van der Waals surface area contributed by atoms with Crippen molar-refractivity contribution in [1.29, 1.82) is 0 Å². The summed E-state index contributed by atoms with van der Waals surface area (Å²) >= 11 is 0. The van der Waals surface area contributed by atoms with Crippen molar-refractivity contribution >= 4 is 17.9 Å². The summed E-state index contributed by atoms with van der Waals surface area (Å²) in [6.45, 7) is 1.83. The number of hydrazine groups is 1. The monoisotopic (exact) mass is 517 g/mol. The van der Waals surface area contributed by atoms with Crippen LogP contribution in [0.15, 0.2) is 72.8 Å². The van der Waals surface area contributed by atoms with E-state index in [1.807, 2.05) is 13.0 Å². The van der Waals surface area contributed by atoms with Gasteiger partial charge in [-0.1, -0.05) is 29.8 Å². The van der Waals surface area contributed by atoms with Gasteiger partial charge in [-0.25, -0.2) is 14.6 Å². The highest BCUT2D eigenvalue weighted by atomic mass is 19.1. The smallest absolute Gasteiger partial charge is 0.425 e. The second kappa shape index (κ2) is 11.2. The number of amides is 3. The van der Waals surface area contributed by atoms with Crippen LogP contribution in [-0.2, 0) is 6.42 Å². The zero-order valence-corrected chi connectivity index (χ0v) is 20.5.